The van der Waals surface area contributed by atoms with Gasteiger partial charge in [-0.2, -0.15) is 5.01 Å². The Balaban J connectivity index is 4.39. The summed E-state index contributed by atoms with van der Waals surface area (Å²) in [5.74, 6) is 0. The summed E-state index contributed by atoms with van der Waals surface area (Å²) < 4.78 is 0. The molecule has 0 unspecified atom stereocenters. The van der Waals surface area contributed by atoms with E-state index in [0.29, 0.717) is 6.54 Å². The van der Waals surface area contributed by atoms with E-state index >= 15 is 0 Å². The van der Waals surface area contributed by atoms with E-state index in [-0.39, 0.29) is 6.03 Å². The second kappa shape index (κ2) is 28.4. The van der Waals surface area contributed by atoms with E-state index in [4.69, 9.17) is 0 Å². The SMILES string of the molecule is CCCCCCCCCCN(CCCCCCCCCC)C(=O)N(CCCCCCCCCC)N=O. The molecule has 2 amide bonds. The maximum Gasteiger partial charge on any atom is 0.343 e. The summed E-state index contributed by atoms with van der Waals surface area (Å²) in [7, 11) is 0. The molecule has 0 rings (SSSR count). The van der Waals surface area contributed by atoms with Crippen molar-refractivity contribution < 1.29 is 4.79 Å². The second-order valence-electron chi connectivity index (χ2n) is 10.9. The lowest BCUT2D eigenvalue weighted by Crippen LogP contribution is -2.42. The average molecular weight is 510 g/mol. The molecular formula is C31H63N3O2. The standard InChI is InChI=1S/C31H63N3O2/c1-4-7-10-13-16-19-22-25-28-33(29-26-23-20-17-14-11-8-5-2)31(35)34(32-36)30-27-24-21-18-15-12-9-6-3/h4-30H2,1-3H3. The molecule has 0 atom stereocenters. The smallest absolute Gasteiger partial charge is 0.323 e. The van der Waals surface area contributed by atoms with Crippen LogP contribution in [0.15, 0.2) is 5.29 Å². The fourth-order valence-electron chi connectivity index (χ4n) is 4.91. The van der Waals surface area contributed by atoms with Gasteiger partial charge in [-0.15, -0.1) is 4.91 Å². The minimum Gasteiger partial charge on any atom is -0.323 e. The van der Waals surface area contributed by atoms with Crippen LogP contribution in [0.5, 0.6) is 0 Å². The number of carbonyl (C=O) groups is 1. The highest BCUT2D eigenvalue weighted by Crippen LogP contribution is 2.14. The van der Waals surface area contributed by atoms with Crippen LogP contribution in [0.4, 0.5) is 4.79 Å². The highest BCUT2D eigenvalue weighted by atomic mass is 16.3. The van der Waals surface area contributed by atoms with Crippen molar-refractivity contribution in [1.82, 2.24) is 9.91 Å². The minimum atomic E-state index is -0.168. The predicted octanol–water partition coefficient (Wildman–Crippen LogP) is 10.8. The van der Waals surface area contributed by atoms with Gasteiger partial charge in [-0.05, 0) is 19.3 Å². The summed E-state index contributed by atoms with van der Waals surface area (Å²) in [4.78, 5) is 26.6. The summed E-state index contributed by atoms with van der Waals surface area (Å²) in [5.41, 5.74) is 0. The molecule has 0 aliphatic heterocycles. The normalized spacial score (nSPS) is 11.1. The number of unbranched alkanes of at least 4 members (excludes halogenated alkanes) is 21. The summed E-state index contributed by atoms with van der Waals surface area (Å²) in [5, 5.41) is 4.33. The zero-order chi connectivity index (χ0) is 26.5. The van der Waals surface area contributed by atoms with Crippen molar-refractivity contribution in [2.24, 2.45) is 5.29 Å². The van der Waals surface area contributed by atoms with Gasteiger partial charge in [0.05, 0.1) is 5.29 Å². The molecule has 0 spiro atoms. The van der Waals surface area contributed by atoms with Crippen molar-refractivity contribution >= 4 is 6.03 Å². The molecule has 0 aromatic heterocycles. The third-order valence-corrected chi connectivity index (χ3v) is 7.38. The van der Waals surface area contributed by atoms with Crippen LogP contribution in [-0.2, 0) is 0 Å². The van der Waals surface area contributed by atoms with Crippen LogP contribution in [-0.4, -0.2) is 35.6 Å². The topological polar surface area (TPSA) is 53.0 Å². The third-order valence-electron chi connectivity index (χ3n) is 7.38. The fraction of sp³-hybridized carbons (Fsp3) is 0.968. The van der Waals surface area contributed by atoms with E-state index < -0.39 is 0 Å². The van der Waals surface area contributed by atoms with E-state index in [1.54, 1.807) is 0 Å². The first kappa shape index (κ1) is 34.9. The van der Waals surface area contributed by atoms with Gasteiger partial charge < -0.3 is 4.90 Å². The van der Waals surface area contributed by atoms with E-state index in [2.05, 4.69) is 26.1 Å². The van der Waals surface area contributed by atoms with Crippen LogP contribution in [0.3, 0.4) is 0 Å². The van der Waals surface area contributed by atoms with Crippen molar-refractivity contribution in [2.45, 2.75) is 175 Å². The molecule has 214 valence electrons. The number of amides is 2. The van der Waals surface area contributed by atoms with Crippen LogP contribution in [0.25, 0.3) is 0 Å². The number of urea groups is 1. The molecule has 0 aliphatic rings. The van der Waals surface area contributed by atoms with Gasteiger partial charge in [0.15, 0.2) is 0 Å². The molecule has 0 N–H and O–H groups in total. The lowest BCUT2D eigenvalue weighted by Gasteiger charge is -2.26. The van der Waals surface area contributed by atoms with Gasteiger partial charge in [0.1, 0.15) is 0 Å². The molecule has 0 saturated heterocycles. The van der Waals surface area contributed by atoms with Gasteiger partial charge in [0.25, 0.3) is 0 Å². The molecule has 0 aromatic carbocycles. The van der Waals surface area contributed by atoms with Crippen molar-refractivity contribution in [1.29, 1.82) is 0 Å². The first-order valence-corrected chi connectivity index (χ1v) is 16.1. The first-order chi connectivity index (χ1) is 17.7. The number of hydrogen-bond donors (Lipinski definition) is 0. The molecule has 0 heterocycles. The maximum absolute atomic E-state index is 13.1. The number of hydrogen-bond acceptors (Lipinski definition) is 3. The molecular weight excluding hydrogens is 446 g/mol. The van der Waals surface area contributed by atoms with Crippen molar-refractivity contribution in [3.63, 3.8) is 0 Å². The summed E-state index contributed by atoms with van der Waals surface area (Å²) in [6.07, 6.45) is 29.7. The Morgan fingerprint density at radius 1 is 0.444 bits per heavy atom. The lowest BCUT2D eigenvalue weighted by atomic mass is 10.1. The predicted molar refractivity (Wildman–Crippen MR) is 157 cm³/mol. The monoisotopic (exact) mass is 509 g/mol. The third kappa shape index (κ3) is 22.1. The number of nitrogens with zero attached hydrogens (tertiary/aromatic N) is 3. The number of rotatable bonds is 28. The fourth-order valence-corrected chi connectivity index (χ4v) is 4.91. The molecule has 0 bridgehead atoms. The minimum absolute atomic E-state index is 0.168. The van der Waals surface area contributed by atoms with Gasteiger partial charge in [0, 0.05) is 19.6 Å². The molecule has 0 aliphatic carbocycles. The Kier molecular flexibility index (Phi) is 27.5. The average Bonchev–Trinajstić information content (AvgIpc) is 2.89. The molecule has 0 aromatic rings. The van der Waals surface area contributed by atoms with Crippen molar-refractivity contribution in [3.8, 4) is 0 Å². The summed E-state index contributed by atoms with van der Waals surface area (Å²) in [6.45, 7) is 8.73. The van der Waals surface area contributed by atoms with E-state index in [1.807, 2.05) is 4.90 Å². The van der Waals surface area contributed by atoms with Crippen LogP contribution < -0.4 is 0 Å². The Bertz CT molecular complexity index is 453. The zero-order valence-corrected chi connectivity index (χ0v) is 24.8. The Hall–Kier alpha value is -1.13. The van der Waals surface area contributed by atoms with Crippen molar-refractivity contribution in [2.75, 3.05) is 19.6 Å². The quantitative estimate of drug-likeness (QED) is 0.0598. The second-order valence-corrected chi connectivity index (χ2v) is 10.9. The van der Waals surface area contributed by atoms with Gasteiger partial charge in [-0.1, -0.05) is 156 Å². The van der Waals surface area contributed by atoms with Gasteiger partial charge >= 0.3 is 6.03 Å². The van der Waals surface area contributed by atoms with E-state index in [1.165, 1.54) is 133 Å². The van der Waals surface area contributed by atoms with Crippen LogP contribution in [0.2, 0.25) is 0 Å². The number of nitroso groups, excluding NO2 is 1. The van der Waals surface area contributed by atoms with Gasteiger partial charge in [-0.3, -0.25) is 0 Å². The molecule has 0 saturated carbocycles. The summed E-state index contributed by atoms with van der Waals surface area (Å²) in [6, 6.07) is -0.168. The van der Waals surface area contributed by atoms with Gasteiger partial charge in [0.2, 0.25) is 0 Å². The highest BCUT2D eigenvalue weighted by molar-refractivity contribution is 5.74. The van der Waals surface area contributed by atoms with Gasteiger partial charge in [-0.25, -0.2) is 4.79 Å². The molecule has 0 fully saturated rings. The largest absolute Gasteiger partial charge is 0.343 e. The van der Waals surface area contributed by atoms with Crippen LogP contribution >= 0.6 is 0 Å². The Morgan fingerprint density at radius 3 is 1.03 bits per heavy atom. The first-order valence-electron chi connectivity index (χ1n) is 16.1. The molecule has 5 nitrogen and oxygen atoms in total. The van der Waals surface area contributed by atoms with E-state index in [0.717, 1.165) is 38.8 Å². The summed E-state index contributed by atoms with van der Waals surface area (Å²) >= 11 is 0. The molecule has 36 heavy (non-hydrogen) atoms. The Morgan fingerprint density at radius 2 is 0.722 bits per heavy atom. The Labute approximate surface area is 225 Å². The van der Waals surface area contributed by atoms with Crippen LogP contribution in [0, 0.1) is 4.91 Å². The maximum atomic E-state index is 13.1. The molecule has 5 heteroatoms. The van der Waals surface area contributed by atoms with Crippen LogP contribution in [0.1, 0.15) is 175 Å². The van der Waals surface area contributed by atoms with E-state index in [9.17, 15) is 9.70 Å². The highest BCUT2D eigenvalue weighted by Gasteiger charge is 2.21. The molecule has 0 radical (unpaired) electrons. The zero-order valence-electron chi connectivity index (χ0n) is 24.8. The lowest BCUT2D eigenvalue weighted by molar-refractivity contribution is 0.150. The number of carbonyl (C=O) groups excluding carboxylic acids is 1. The van der Waals surface area contributed by atoms with Crippen molar-refractivity contribution in [3.05, 3.63) is 4.91 Å².